The van der Waals surface area contributed by atoms with Crippen LogP contribution in [0.2, 0.25) is 0 Å². The van der Waals surface area contributed by atoms with Crippen molar-refractivity contribution >= 4 is 17.7 Å². The van der Waals surface area contributed by atoms with Crippen LogP contribution in [-0.4, -0.2) is 34.7 Å². The van der Waals surface area contributed by atoms with E-state index in [4.69, 9.17) is 5.11 Å². The van der Waals surface area contributed by atoms with Crippen molar-refractivity contribution in [2.45, 2.75) is 38.5 Å². The smallest absolute Gasteiger partial charge is 0.230 e. The minimum Gasteiger partial charge on any atom is -0.392 e. The van der Waals surface area contributed by atoms with Crippen molar-refractivity contribution in [2.75, 3.05) is 12.3 Å². The van der Waals surface area contributed by atoms with Gasteiger partial charge in [-0.2, -0.15) is 0 Å². The molecule has 0 spiro atoms. The van der Waals surface area contributed by atoms with E-state index in [2.05, 4.69) is 5.32 Å². The standard InChI is InChI=1S/C9H19NO2S/c1-4-5-10-9(12)6-13-8(3)7(2)11/h7-8,11H,4-6H2,1-3H3,(H,10,12). The molecule has 0 fully saturated rings. The van der Waals surface area contributed by atoms with Gasteiger partial charge in [-0.05, 0) is 13.3 Å². The molecule has 2 atom stereocenters. The first-order chi connectivity index (χ1) is 6.07. The van der Waals surface area contributed by atoms with Crippen molar-refractivity contribution in [3.8, 4) is 0 Å². The summed E-state index contributed by atoms with van der Waals surface area (Å²) in [5, 5.41) is 12.1. The number of carbonyl (C=O) groups is 1. The first-order valence-electron chi connectivity index (χ1n) is 4.64. The summed E-state index contributed by atoms with van der Waals surface area (Å²) in [5.41, 5.74) is 0. The summed E-state index contributed by atoms with van der Waals surface area (Å²) in [6, 6.07) is 0. The molecule has 0 aromatic carbocycles. The van der Waals surface area contributed by atoms with E-state index < -0.39 is 0 Å². The lowest BCUT2D eigenvalue weighted by Crippen LogP contribution is -2.27. The molecule has 78 valence electrons. The van der Waals surface area contributed by atoms with E-state index in [1.807, 2.05) is 13.8 Å². The second-order valence-corrected chi connectivity index (χ2v) is 4.47. The van der Waals surface area contributed by atoms with Gasteiger partial charge in [0.2, 0.25) is 5.91 Å². The SMILES string of the molecule is CCCNC(=O)CSC(C)C(C)O. The van der Waals surface area contributed by atoms with E-state index in [1.165, 1.54) is 11.8 Å². The van der Waals surface area contributed by atoms with Gasteiger partial charge in [0.1, 0.15) is 0 Å². The first-order valence-corrected chi connectivity index (χ1v) is 5.69. The maximum Gasteiger partial charge on any atom is 0.230 e. The van der Waals surface area contributed by atoms with Gasteiger partial charge in [-0.15, -0.1) is 11.8 Å². The van der Waals surface area contributed by atoms with E-state index in [9.17, 15) is 4.79 Å². The number of amides is 1. The first kappa shape index (κ1) is 12.8. The third kappa shape index (κ3) is 6.90. The highest BCUT2D eigenvalue weighted by molar-refractivity contribution is 8.00. The van der Waals surface area contributed by atoms with Gasteiger partial charge < -0.3 is 10.4 Å². The molecule has 4 heteroatoms. The number of aliphatic hydroxyl groups excluding tert-OH is 1. The Bertz CT molecular complexity index is 151. The lowest BCUT2D eigenvalue weighted by Gasteiger charge is -2.13. The van der Waals surface area contributed by atoms with Crippen molar-refractivity contribution in [3.05, 3.63) is 0 Å². The molecule has 13 heavy (non-hydrogen) atoms. The molecule has 0 aromatic rings. The van der Waals surface area contributed by atoms with Crippen molar-refractivity contribution in [1.29, 1.82) is 0 Å². The second kappa shape index (κ2) is 7.21. The van der Waals surface area contributed by atoms with E-state index in [1.54, 1.807) is 6.92 Å². The van der Waals surface area contributed by atoms with Gasteiger partial charge >= 0.3 is 0 Å². The summed E-state index contributed by atoms with van der Waals surface area (Å²) in [5.74, 6) is 0.492. The summed E-state index contributed by atoms with van der Waals surface area (Å²) < 4.78 is 0. The van der Waals surface area contributed by atoms with Crippen LogP contribution in [0, 0.1) is 0 Å². The molecule has 0 heterocycles. The Kier molecular flexibility index (Phi) is 7.09. The molecule has 0 aliphatic rings. The van der Waals surface area contributed by atoms with Crippen LogP contribution in [-0.2, 0) is 4.79 Å². The van der Waals surface area contributed by atoms with E-state index in [0.717, 1.165) is 13.0 Å². The Morgan fingerprint density at radius 2 is 2.15 bits per heavy atom. The minimum absolute atomic E-state index is 0.0550. The summed E-state index contributed by atoms with van der Waals surface area (Å²) in [4.78, 5) is 11.1. The zero-order chi connectivity index (χ0) is 10.3. The van der Waals surface area contributed by atoms with E-state index in [0.29, 0.717) is 5.75 Å². The third-order valence-corrected chi connectivity index (χ3v) is 3.08. The zero-order valence-corrected chi connectivity index (χ0v) is 9.36. The number of hydrogen-bond donors (Lipinski definition) is 2. The highest BCUT2D eigenvalue weighted by Crippen LogP contribution is 2.13. The summed E-state index contributed by atoms with van der Waals surface area (Å²) in [6.07, 6.45) is 0.603. The van der Waals surface area contributed by atoms with Crippen molar-refractivity contribution in [3.63, 3.8) is 0 Å². The second-order valence-electron chi connectivity index (χ2n) is 3.11. The molecular formula is C9H19NO2S. The molecule has 0 radical (unpaired) electrons. The van der Waals surface area contributed by atoms with Crippen molar-refractivity contribution in [2.24, 2.45) is 0 Å². The third-order valence-electron chi connectivity index (χ3n) is 1.73. The summed E-state index contributed by atoms with van der Waals surface area (Å²) in [7, 11) is 0. The molecule has 3 nitrogen and oxygen atoms in total. The molecule has 0 bridgehead atoms. The molecule has 2 unspecified atom stereocenters. The van der Waals surface area contributed by atoms with Crippen LogP contribution in [0.5, 0.6) is 0 Å². The Morgan fingerprint density at radius 3 is 2.62 bits per heavy atom. The fourth-order valence-corrected chi connectivity index (χ4v) is 1.46. The molecule has 0 saturated carbocycles. The summed E-state index contributed by atoms with van der Waals surface area (Å²) >= 11 is 1.48. The lowest BCUT2D eigenvalue weighted by molar-refractivity contribution is -0.118. The number of nitrogens with one attached hydrogen (secondary N) is 1. The lowest BCUT2D eigenvalue weighted by atomic mass is 10.3. The monoisotopic (exact) mass is 205 g/mol. The fraction of sp³-hybridized carbons (Fsp3) is 0.889. The molecule has 0 rings (SSSR count). The topological polar surface area (TPSA) is 49.3 Å². The largest absolute Gasteiger partial charge is 0.392 e. The van der Waals surface area contributed by atoms with Gasteiger partial charge in [0, 0.05) is 11.8 Å². The quantitative estimate of drug-likeness (QED) is 0.680. The average Bonchev–Trinajstić information content (AvgIpc) is 2.10. The minimum atomic E-state index is -0.357. The van der Waals surface area contributed by atoms with E-state index in [-0.39, 0.29) is 17.3 Å². The van der Waals surface area contributed by atoms with Crippen LogP contribution in [0.4, 0.5) is 0 Å². The van der Waals surface area contributed by atoms with Gasteiger partial charge in [0.25, 0.3) is 0 Å². The molecular weight excluding hydrogens is 186 g/mol. The zero-order valence-electron chi connectivity index (χ0n) is 8.54. The van der Waals surface area contributed by atoms with E-state index >= 15 is 0 Å². The number of aliphatic hydroxyl groups is 1. The molecule has 0 aliphatic carbocycles. The highest BCUT2D eigenvalue weighted by atomic mass is 32.2. The highest BCUT2D eigenvalue weighted by Gasteiger charge is 2.10. The predicted molar refractivity (Wildman–Crippen MR) is 56.9 cm³/mol. The Hall–Kier alpha value is -0.220. The van der Waals surface area contributed by atoms with Crippen molar-refractivity contribution < 1.29 is 9.90 Å². The Labute approximate surface area is 84.3 Å². The van der Waals surface area contributed by atoms with Gasteiger partial charge in [0.05, 0.1) is 11.9 Å². The molecule has 2 N–H and O–H groups in total. The van der Waals surface area contributed by atoms with Crippen molar-refractivity contribution in [1.82, 2.24) is 5.32 Å². The van der Waals surface area contributed by atoms with Crippen LogP contribution in [0.3, 0.4) is 0 Å². The fourth-order valence-electron chi connectivity index (χ4n) is 0.662. The number of thioether (sulfide) groups is 1. The number of carbonyl (C=O) groups excluding carboxylic acids is 1. The normalized spacial score (nSPS) is 15.1. The van der Waals surface area contributed by atoms with Crippen LogP contribution >= 0.6 is 11.8 Å². The van der Waals surface area contributed by atoms with Gasteiger partial charge in [-0.3, -0.25) is 4.79 Å². The van der Waals surface area contributed by atoms with Gasteiger partial charge in [-0.1, -0.05) is 13.8 Å². The Balaban J connectivity index is 3.46. The van der Waals surface area contributed by atoms with Crippen LogP contribution in [0.15, 0.2) is 0 Å². The van der Waals surface area contributed by atoms with Crippen LogP contribution in [0.25, 0.3) is 0 Å². The van der Waals surface area contributed by atoms with Crippen LogP contribution < -0.4 is 5.32 Å². The van der Waals surface area contributed by atoms with Crippen LogP contribution in [0.1, 0.15) is 27.2 Å². The molecule has 1 amide bonds. The maximum absolute atomic E-state index is 11.1. The maximum atomic E-state index is 11.1. The Morgan fingerprint density at radius 1 is 1.54 bits per heavy atom. The van der Waals surface area contributed by atoms with Gasteiger partial charge in [-0.25, -0.2) is 0 Å². The number of rotatable bonds is 6. The number of hydrogen-bond acceptors (Lipinski definition) is 3. The molecule has 0 saturated heterocycles. The average molecular weight is 205 g/mol. The predicted octanol–water partition coefficient (Wildman–Crippen LogP) is 1.02. The summed E-state index contributed by atoms with van der Waals surface area (Å²) in [6.45, 7) is 6.42. The molecule has 0 aromatic heterocycles. The molecule has 0 aliphatic heterocycles. The van der Waals surface area contributed by atoms with Gasteiger partial charge in [0.15, 0.2) is 0 Å².